The Morgan fingerprint density at radius 2 is 1.57 bits per heavy atom. The molecule has 1 heterocycles. The molecular weight excluding hydrogens is 256 g/mol. The Labute approximate surface area is 129 Å². The Morgan fingerprint density at radius 1 is 0.952 bits per heavy atom. The molecule has 2 fully saturated rings. The van der Waals surface area contributed by atoms with Crippen LogP contribution in [0, 0.1) is 0 Å². The van der Waals surface area contributed by atoms with Crippen molar-refractivity contribution in [3.63, 3.8) is 0 Å². The minimum absolute atomic E-state index is 0.240. The second kappa shape index (κ2) is 6.93. The highest BCUT2D eigenvalue weighted by Gasteiger charge is 2.37. The summed E-state index contributed by atoms with van der Waals surface area (Å²) in [7, 11) is 0. The Balaban J connectivity index is 1.65. The van der Waals surface area contributed by atoms with Crippen LogP contribution in [0.1, 0.15) is 56.9 Å². The molecule has 2 aliphatic rings. The molecule has 1 aromatic carbocycles. The van der Waals surface area contributed by atoms with E-state index in [4.69, 9.17) is 5.73 Å². The lowest BCUT2D eigenvalue weighted by molar-refractivity contribution is 0.128. The van der Waals surface area contributed by atoms with Gasteiger partial charge in [-0.05, 0) is 57.2 Å². The smallest absolute Gasteiger partial charge is 0.00959 e. The summed E-state index contributed by atoms with van der Waals surface area (Å²) in [5, 5.41) is 0. The van der Waals surface area contributed by atoms with Crippen LogP contribution >= 0.6 is 0 Å². The molecule has 1 aliphatic heterocycles. The van der Waals surface area contributed by atoms with Gasteiger partial charge in [0, 0.05) is 18.0 Å². The van der Waals surface area contributed by atoms with Crippen LogP contribution in [0.4, 0.5) is 0 Å². The van der Waals surface area contributed by atoms with Crippen LogP contribution in [-0.2, 0) is 5.41 Å². The quantitative estimate of drug-likeness (QED) is 0.918. The monoisotopic (exact) mass is 286 g/mol. The van der Waals surface area contributed by atoms with Gasteiger partial charge in [-0.1, -0.05) is 43.2 Å². The Morgan fingerprint density at radius 3 is 2.14 bits per heavy atom. The maximum Gasteiger partial charge on any atom is 0.00959 e. The van der Waals surface area contributed by atoms with Crippen molar-refractivity contribution in [3.05, 3.63) is 35.9 Å². The largest absolute Gasteiger partial charge is 0.330 e. The van der Waals surface area contributed by atoms with E-state index in [2.05, 4.69) is 35.2 Å². The molecule has 0 atom stereocenters. The van der Waals surface area contributed by atoms with Crippen LogP contribution in [0.3, 0.4) is 0 Å². The number of rotatable bonds is 3. The lowest BCUT2D eigenvalue weighted by atomic mass is 9.68. The average Bonchev–Trinajstić information content (AvgIpc) is 2.85. The molecular formula is C19H30N2. The highest BCUT2D eigenvalue weighted by Crippen LogP contribution is 2.40. The van der Waals surface area contributed by atoms with Crippen molar-refractivity contribution in [2.75, 3.05) is 19.6 Å². The van der Waals surface area contributed by atoms with Crippen molar-refractivity contribution in [2.45, 2.75) is 62.8 Å². The number of hydrogen-bond donors (Lipinski definition) is 1. The zero-order valence-corrected chi connectivity index (χ0v) is 13.3. The molecule has 116 valence electrons. The molecule has 0 spiro atoms. The first-order valence-electron chi connectivity index (χ1n) is 8.84. The SMILES string of the molecule is NCC1(c2ccccc2)CCC(N2CCCCCC2)CC1. The molecule has 2 heteroatoms. The first kappa shape index (κ1) is 15.1. The normalized spacial score (nSPS) is 31.8. The van der Waals surface area contributed by atoms with E-state index in [9.17, 15) is 0 Å². The van der Waals surface area contributed by atoms with E-state index in [0.717, 1.165) is 12.6 Å². The van der Waals surface area contributed by atoms with Crippen molar-refractivity contribution in [1.29, 1.82) is 0 Å². The number of nitrogens with zero attached hydrogens (tertiary/aromatic N) is 1. The molecule has 1 saturated carbocycles. The summed E-state index contributed by atoms with van der Waals surface area (Å²) in [5.41, 5.74) is 7.91. The van der Waals surface area contributed by atoms with E-state index in [1.807, 2.05) is 0 Å². The third kappa shape index (κ3) is 3.32. The third-order valence-corrected chi connectivity index (χ3v) is 5.85. The van der Waals surface area contributed by atoms with Crippen LogP contribution in [0.5, 0.6) is 0 Å². The van der Waals surface area contributed by atoms with E-state index in [1.54, 1.807) is 0 Å². The Kier molecular flexibility index (Phi) is 4.97. The molecule has 0 unspecified atom stereocenters. The summed E-state index contributed by atoms with van der Waals surface area (Å²) < 4.78 is 0. The van der Waals surface area contributed by atoms with Gasteiger partial charge >= 0.3 is 0 Å². The van der Waals surface area contributed by atoms with Gasteiger partial charge in [0.2, 0.25) is 0 Å². The topological polar surface area (TPSA) is 29.3 Å². The molecule has 1 aromatic rings. The third-order valence-electron chi connectivity index (χ3n) is 5.85. The number of hydrogen-bond acceptors (Lipinski definition) is 2. The number of likely N-dealkylation sites (tertiary alicyclic amines) is 1. The van der Waals surface area contributed by atoms with Gasteiger partial charge in [-0.2, -0.15) is 0 Å². The van der Waals surface area contributed by atoms with Gasteiger partial charge in [-0.15, -0.1) is 0 Å². The lowest BCUT2D eigenvalue weighted by Crippen LogP contribution is -2.45. The van der Waals surface area contributed by atoms with Crippen molar-refractivity contribution in [2.24, 2.45) is 5.73 Å². The highest BCUT2D eigenvalue weighted by atomic mass is 15.2. The van der Waals surface area contributed by atoms with Crippen molar-refractivity contribution >= 4 is 0 Å². The maximum atomic E-state index is 6.21. The first-order valence-corrected chi connectivity index (χ1v) is 8.84. The van der Waals surface area contributed by atoms with Gasteiger partial charge in [0.15, 0.2) is 0 Å². The van der Waals surface area contributed by atoms with E-state index < -0.39 is 0 Å². The van der Waals surface area contributed by atoms with Crippen LogP contribution in [0.15, 0.2) is 30.3 Å². The van der Waals surface area contributed by atoms with Gasteiger partial charge in [0.1, 0.15) is 0 Å². The molecule has 0 bridgehead atoms. The molecule has 0 aromatic heterocycles. The van der Waals surface area contributed by atoms with Gasteiger partial charge in [0.05, 0.1) is 0 Å². The van der Waals surface area contributed by atoms with E-state index in [0.29, 0.717) is 0 Å². The van der Waals surface area contributed by atoms with Crippen molar-refractivity contribution in [3.8, 4) is 0 Å². The summed E-state index contributed by atoms with van der Waals surface area (Å²) in [6, 6.07) is 11.8. The summed E-state index contributed by atoms with van der Waals surface area (Å²) >= 11 is 0. The molecule has 2 nitrogen and oxygen atoms in total. The fourth-order valence-electron chi connectivity index (χ4n) is 4.38. The zero-order valence-electron chi connectivity index (χ0n) is 13.3. The predicted octanol–water partition coefficient (Wildman–Crippen LogP) is 3.70. The van der Waals surface area contributed by atoms with Gasteiger partial charge in [0.25, 0.3) is 0 Å². The van der Waals surface area contributed by atoms with E-state index in [1.165, 1.54) is 70.0 Å². The van der Waals surface area contributed by atoms with Gasteiger partial charge < -0.3 is 10.6 Å². The molecule has 21 heavy (non-hydrogen) atoms. The van der Waals surface area contributed by atoms with Crippen molar-refractivity contribution in [1.82, 2.24) is 4.90 Å². The first-order chi connectivity index (χ1) is 10.3. The Bertz CT molecular complexity index is 412. The standard InChI is InChI=1S/C19H30N2/c20-16-19(17-8-4-3-5-9-17)12-10-18(11-13-19)21-14-6-1-2-7-15-21/h3-5,8-9,18H,1-2,6-7,10-16,20H2. The second-order valence-corrected chi connectivity index (χ2v) is 7.03. The number of nitrogens with two attached hydrogens (primary N) is 1. The summed E-state index contributed by atoms with van der Waals surface area (Å²) in [6.07, 6.45) is 10.8. The molecule has 0 radical (unpaired) electrons. The molecule has 2 N–H and O–H groups in total. The zero-order chi connectivity index (χ0) is 14.5. The van der Waals surface area contributed by atoms with Gasteiger partial charge in [-0.25, -0.2) is 0 Å². The predicted molar refractivity (Wildman–Crippen MR) is 89.5 cm³/mol. The van der Waals surface area contributed by atoms with Crippen molar-refractivity contribution < 1.29 is 0 Å². The second-order valence-electron chi connectivity index (χ2n) is 7.03. The average molecular weight is 286 g/mol. The lowest BCUT2D eigenvalue weighted by Gasteiger charge is -2.43. The summed E-state index contributed by atoms with van der Waals surface area (Å²) in [5.74, 6) is 0. The summed E-state index contributed by atoms with van der Waals surface area (Å²) in [4.78, 5) is 2.78. The van der Waals surface area contributed by atoms with Crippen LogP contribution in [0.2, 0.25) is 0 Å². The fourth-order valence-corrected chi connectivity index (χ4v) is 4.38. The fraction of sp³-hybridized carbons (Fsp3) is 0.684. The molecule has 0 amide bonds. The number of benzene rings is 1. The van der Waals surface area contributed by atoms with E-state index >= 15 is 0 Å². The summed E-state index contributed by atoms with van der Waals surface area (Å²) in [6.45, 7) is 3.45. The van der Waals surface area contributed by atoms with Gasteiger partial charge in [-0.3, -0.25) is 0 Å². The van der Waals surface area contributed by atoms with Crippen LogP contribution in [-0.4, -0.2) is 30.6 Å². The van der Waals surface area contributed by atoms with E-state index in [-0.39, 0.29) is 5.41 Å². The minimum atomic E-state index is 0.240. The van der Waals surface area contributed by atoms with Crippen LogP contribution < -0.4 is 5.73 Å². The molecule has 1 aliphatic carbocycles. The molecule has 1 saturated heterocycles. The minimum Gasteiger partial charge on any atom is -0.330 e. The Hall–Kier alpha value is -0.860. The van der Waals surface area contributed by atoms with Crippen LogP contribution in [0.25, 0.3) is 0 Å². The maximum absolute atomic E-state index is 6.21. The highest BCUT2D eigenvalue weighted by molar-refractivity contribution is 5.26. The molecule has 3 rings (SSSR count).